The molecule has 0 radical (unpaired) electrons. The van der Waals surface area contributed by atoms with Gasteiger partial charge in [-0.3, -0.25) is 0 Å². The molecule has 2 fully saturated rings. The second-order valence-electron chi connectivity index (χ2n) is 7.78. The van der Waals surface area contributed by atoms with Crippen molar-refractivity contribution in [1.29, 1.82) is 0 Å². The summed E-state index contributed by atoms with van der Waals surface area (Å²) in [5, 5.41) is 7.23. The third-order valence-corrected chi connectivity index (χ3v) is 5.72. The van der Waals surface area contributed by atoms with Crippen LogP contribution in [-0.4, -0.2) is 34.2 Å². The van der Waals surface area contributed by atoms with Crippen LogP contribution >= 0.6 is 12.2 Å². The molecule has 2 aromatic rings. The molecule has 1 aliphatic heterocycles. The summed E-state index contributed by atoms with van der Waals surface area (Å²) in [4.78, 5) is 11.5. The summed E-state index contributed by atoms with van der Waals surface area (Å²) in [5.74, 6) is 2.63. The maximum atomic E-state index is 5.99. The van der Waals surface area contributed by atoms with Crippen molar-refractivity contribution in [1.82, 2.24) is 15.3 Å². The number of ether oxygens (including phenoxy) is 1. The Hall–Kier alpha value is -2.41. The average Bonchev–Trinajstić information content (AvgIpc) is 3.14. The summed E-state index contributed by atoms with van der Waals surface area (Å²) in [5.41, 5.74) is 0. The number of hydrogen-bond acceptors (Lipinski definition) is 5. The van der Waals surface area contributed by atoms with Gasteiger partial charge in [-0.25, -0.2) is 0 Å². The number of anilines is 2. The van der Waals surface area contributed by atoms with Crippen molar-refractivity contribution in [3.8, 4) is 11.6 Å². The number of nitrogens with zero attached hydrogens (tertiary/aromatic N) is 3. The highest BCUT2D eigenvalue weighted by Crippen LogP contribution is 2.26. The topological polar surface area (TPSA) is 62.3 Å². The molecule has 1 aliphatic carbocycles. The van der Waals surface area contributed by atoms with Crippen LogP contribution in [0.2, 0.25) is 0 Å². The number of aromatic nitrogens is 2. The molecule has 1 aromatic heterocycles. The maximum absolute atomic E-state index is 5.99. The zero-order valence-corrected chi connectivity index (χ0v) is 17.6. The van der Waals surface area contributed by atoms with Crippen molar-refractivity contribution in [3.05, 3.63) is 36.4 Å². The summed E-state index contributed by atoms with van der Waals surface area (Å²) >= 11 is 5.56. The normalized spacial score (nSPS) is 17.6. The van der Waals surface area contributed by atoms with Crippen LogP contribution in [0.25, 0.3) is 0 Å². The van der Waals surface area contributed by atoms with Crippen LogP contribution in [0, 0.1) is 0 Å². The van der Waals surface area contributed by atoms with Gasteiger partial charge >= 0.3 is 0 Å². The lowest BCUT2D eigenvalue weighted by atomic mass is 10.1. The third-order valence-electron chi connectivity index (χ3n) is 5.50. The smallest absolute Gasteiger partial charge is 0.234 e. The van der Waals surface area contributed by atoms with Crippen molar-refractivity contribution in [2.24, 2.45) is 0 Å². The molecule has 1 saturated carbocycles. The van der Waals surface area contributed by atoms with E-state index < -0.39 is 0 Å². The Morgan fingerprint density at radius 2 is 1.69 bits per heavy atom. The molecule has 0 atom stereocenters. The fourth-order valence-electron chi connectivity index (χ4n) is 3.99. The fourth-order valence-corrected chi connectivity index (χ4v) is 4.24. The number of para-hydroxylation sites is 1. The van der Waals surface area contributed by atoms with E-state index in [9.17, 15) is 0 Å². The first kappa shape index (κ1) is 19.9. The molecule has 2 aliphatic rings. The summed E-state index contributed by atoms with van der Waals surface area (Å²) in [6, 6.07) is 12.0. The maximum Gasteiger partial charge on any atom is 0.234 e. The van der Waals surface area contributed by atoms with Crippen molar-refractivity contribution in [2.45, 2.75) is 57.4 Å². The number of thiocarbonyl (C=S) groups is 1. The lowest BCUT2D eigenvalue weighted by Crippen LogP contribution is -2.37. The predicted molar refractivity (Wildman–Crippen MR) is 121 cm³/mol. The van der Waals surface area contributed by atoms with Gasteiger partial charge in [0.15, 0.2) is 5.11 Å². The van der Waals surface area contributed by atoms with Gasteiger partial charge in [-0.2, -0.15) is 9.97 Å². The zero-order valence-electron chi connectivity index (χ0n) is 16.8. The summed E-state index contributed by atoms with van der Waals surface area (Å²) in [6.45, 7) is 2.01. The van der Waals surface area contributed by atoms with E-state index in [1.807, 2.05) is 36.4 Å². The molecular weight excluding hydrogens is 382 g/mol. The molecular formula is C22H29N5OS. The first-order valence-electron chi connectivity index (χ1n) is 10.7. The van der Waals surface area contributed by atoms with E-state index in [4.69, 9.17) is 21.9 Å². The molecule has 0 spiro atoms. The lowest BCUT2D eigenvalue weighted by molar-refractivity contribution is 0.462. The summed E-state index contributed by atoms with van der Waals surface area (Å²) < 4.78 is 5.99. The largest absolute Gasteiger partial charge is 0.439 e. The number of rotatable bonds is 5. The minimum atomic E-state index is 0.430. The van der Waals surface area contributed by atoms with Crippen LogP contribution in [-0.2, 0) is 0 Å². The molecule has 1 saturated heterocycles. The van der Waals surface area contributed by atoms with E-state index in [0.29, 0.717) is 23.0 Å². The van der Waals surface area contributed by atoms with Gasteiger partial charge in [-0.1, -0.05) is 43.9 Å². The Morgan fingerprint density at radius 3 is 2.41 bits per heavy atom. The molecule has 4 rings (SSSR count). The molecule has 7 heteroatoms. The minimum absolute atomic E-state index is 0.430. The lowest BCUT2D eigenvalue weighted by Gasteiger charge is -2.20. The Labute approximate surface area is 178 Å². The number of nitrogens with one attached hydrogen (secondary N) is 2. The first-order valence-corrected chi connectivity index (χ1v) is 11.1. The van der Waals surface area contributed by atoms with Gasteiger partial charge in [0.2, 0.25) is 11.8 Å². The third kappa shape index (κ3) is 5.79. The highest BCUT2D eigenvalue weighted by atomic mass is 32.1. The Kier molecular flexibility index (Phi) is 6.77. The first-order chi connectivity index (χ1) is 14.3. The molecule has 154 valence electrons. The number of hydrogen-bond donors (Lipinski definition) is 2. The van der Waals surface area contributed by atoms with Crippen molar-refractivity contribution >= 4 is 29.1 Å². The second kappa shape index (κ2) is 9.87. The average molecular weight is 412 g/mol. The van der Waals surface area contributed by atoms with Gasteiger partial charge in [0.25, 0.3) is 0 Å². The van der Waals surface area contributed by atoms with E-state index in [1.54, 1.807) is 0 Å². The zero-order chi connectivity index (χ0) is 19.9. The van der Waals surface area contributed by atoms with Gasteiger partial charge in [0.1, 0.15) is 11.6 Å². The molecule has 29 heavy (non-hydrogen) atoms. The molecule has 1 aromatic carbocycles. The van der Waals surface area contributed by atoms with Crippen molar-refractivity contribution < 1.29 is 4.74 Å². The van der Waals surface area contributed by atoms with E-state index in [2.05, 4.69) is 20.5 Å². The van der Waals surface area contributed by atoms with Crippen LogP contribution in [0.4, 0.5) is 11.8 Å². The Bertz CT molecular complexity index is 802. The van der Waals surface area contributed by atoms with Gasteiger partial charge in [0, 0.05) is 25.2 Å². The monoisotopic (exact) mass is 411 g/mol. The van der Waals surface area contributed by atoms with Gasteiger partial charge in [0.05, 0.1) is 0 Å². The molecule has 0 amide bonds. The van der Waals surface area contributed by atoms with Crippen LogP contribution in [0.5, 0.6) is 11.6 Å². The standard InChI is InChI=1S/C22H29N5OS/c29-22(23-17-10-4-1-2-5-11-17)26-21-24-19(27-14-8-9-15-27)16-20(25-21)28-18-12-6-3-7-13-18/h3,6-7,12-13,16-17H,1-2,4-5,8-11,14-15H2,(H2,23,24,25,26,29). The van der Waals surface area contributed by atoms with Crippen LogP contribution in [0.3, 0.4) is 0 Å². The SMILES string of the molecule is S=C(Nc1nc(Oc2ccccc2)cc(N2CCCC2)n1)NC1CCCCCC1. The van der Waals surface area contributed by atoms with E-state index in [1.165, 1.54) is 51.4 Å². The van der Waals surface area contributed by atoms with Crippen molar-refractivity contribution in [2.75, 3.05) is 23.3 Å². The Morgan fingerprint density at radius 1 is 0.966 bits per heavy atom. The van der Waals surface area contributed by atoms with Crippen LogP contribution in [0.15, 0.2) is 36.4 Å². The number of benzene rings is 1. The van der Waals surface area contributed by atoms with Gasteiger partial charge in [-0.05, 0) is 50.0 Å². The van der Waals surface area contributed by atoms with Gasteiger partial charge in [-0.15, -0.1) is 0 Å². The molecule has 2 N–H and O–H groups in total. The predicted octanol–water partition coefficient (Wildman–Crippen LogP) is 4.88. The molecule has 0 bridgehead atoms. The quantitative estimate of drug-likeness (QED) is 0.537. The molecule has 0 unspecified atom stereocenters. The van der Waals surface area contributed by atoms with Crippen molar-refractivity contribution in [3.63, 3.8) is 0 Å². The second-order valence-corrected chi connectivity index (χ2v) is 8.19. The van der Waals surface area contributed by atoms with E-state index >= 15 is 0 Å². The fraction of sp³-hybridized carbons (Fsp3) is 0.500. The molecule has 2 heterocycles. The van der Waals surface area contributed by atoms with Gasteiger partial charge < -0.3 is 20.3 Å². The minimum Gasteiger partial charge on any atom is -0.439 e. The highest BCUT2D eigenvalue weighted by Gasteiger charge is 2.18. The summed E-state index contributed by atoms with van der Waals surface area (Å²) in [7, 11) is 0. The Balaban J connectivity index is 1.48. The van der Waals surface area contributed by atoms with E-state index in [0.717, 1.165) is 24.7 Å². The highest BCUT2D eigenvalue weighted by molar-refractivity contribution is 7.80. The van der Waals surface area contributed by atoms with E-state index in [-0.39, 0.29) is 0 Å². The summed E-state index contributed by atoms with van der Waals surface area (Å²) in [6.07, 6.45) is 9.86. The van der Waals surface area contributed by atoms with Crippen LogP contribution in [0.1, 0.15) is 51.4 Å². The molecule has 6 nitrogen and oxygen atoms in total. The van der Waals surface area contributed by atoms with Crippen LogP contribution < -0.4 is 20.3 Å².